The summed E-state index contributed by atoms with van der Waals surface area (Å²) in [6, 6.07) is 16.3. The first kappa shape index (κ1) is 29.6. The fraction of sp³-hybridized carbons (Fsp3) is 0.185. The summed E-state index contributed by atoms with van der Waals surface area (Å²) in [6.07, 6.45) is -9.19. The van der Waals surface area contributed by atoms with Crippen LogP contribution < -0.4 is 10.6 Å². The third-order valence-electron chi connectivity index (χ3n) is 5.55. The van der Waals surface area contributed by atoms with Gasteiger partial charge in [-0.25, -0.2) is 4.79 Å². The minimum Gasteiger partial charge on any atom is -0.480 e. The van der Waals surface area contributed by atoms with Crippen LogP contribution in [0.3, 0.4) is 0 Å². The van der Waals surface area contributed by atoms with Gasteiger partial charge in [-0.1, -0.05) is 42.5 Å². The van der Waals surface area contributed by atoms with Gasteiger partial charge in [0.05, 0.1) is 11.1 Å². The number of thioether (sulfide) groups is 1. The van der Waals surface area contributed by atoms with Crippen molar-refractivity contribution in [3.8, 4) is 11.4 Å². The number of nitrogens with zero attached hydrogens (tertiary/aromatic N) is 3. The van der Waals surface area contributed by atoms with Gasteiger partial charge >= 0.3 is 18.3 Å². The second kappa shape index (κ2) is 12.5. The second-order valence-electron chi connectivity index (χ2n) is 8.62. The number of benzene rings is 3. The van der Waals surface area contributed by atoms with E-state index in [1.807, 2.05) is 30.3 Å². The summed E-state index contributed by atoms with van der Waals surface area (Å²) in [5.41, 5.74) is -0.744. The van der Waals surface area contributed by atoms with Crippen LogP contribution in [0.4, 0.5) is 43.9 Å². The van der Waals surface area contributed by atoms with Crippen molar-refractivity contribution < 1.29 is 36.2 Å². The van der Waals surface area contributed by atoms with Crippen LogP contribution in [0, 0.1) is 0 Å². The second-order valence-corrected chi connectivity index (χ2v) is 9.65. The highest BCUT2D eigenvalue weighted by Gasteiger charge is 2.31. The van der Waals surface area contributed by atoms with Gasteiger partial charge < -0.3 is 15.7 Å². The van der Waals surface area contributed by atoms with Crippen LogP contribution in [-0.4, -0.2) is 37.8 Å². The molecule has 0 saturated carbocycles. The van der Waals surface area contributed by atoms with E-state index in [-0.39, 0.29) is 34.7 Å². The number of aliphatic carboxylic acids is 1. The van der Waals surface area contributed by atoms with Crippen molar-refractivity contribution in [3.63, 3.8) is 0 Å². The molecular weight excluding hydrogens is 572 g/mol. The molecule has 0 fully saturated rings. The third kappa shape index (κ3) is 8.33. The molecule has 0 amide bonds. The van der Waals surface area contributed by atoms with E-state index < -0.39 is 35.5 Å². The molecular formula is C27H21F6N5O2S. The van der Waals surface area contributed by atoms with E-state index >= 15 is 0 Å². The van der Waals surface area contributed by atoms with Crippen molar-refractivity contribution >= 4 is 35.3 Å². The Kier molecular flexibility index (Phi) is 9.01. The summed E-state index contributed by atoms with van der Waals surface area (Å²) in [7, 11) is 0. The van der Waals surface area contributed by atoms with E-state index in [4.69, 9.17) is 0 Å². The van der Waals surface area contributed by atoms with Crippen LogP contribution in [-0.2, 0) is 22.9 Å². The number of rotatable bonds is 10. The number of anilines is 3. The summed E-state index contributed by atoms with van der Waals surface area (Å²) in [4.78, 5) is 24.4. The third-order valence-corrected chi connectivity index (χ3v) is 6.66. The molecule has 3 aromatic carbocycles. The lowest BCUT2D eigenvalue weighted by molar-refractivity contribution is -0.138. The first-order valence-electron chi connectivity index (χ1n) is 11.9. The molecule has 214 valence electrons. The van der Waals surface area contributed by atoms with E-state index in [2.05, 4.69) is 25.6 Å². The van der Waals surface area contributed by atoms with Crippen molar-refractivity contribution in [2.24, 2.45) is 0 Å². The van der Waals surface area contributed by atoms with Gasteiger partial charge in [0.2, 0.25) is 11.9 Å². The largest absolute Gasteiger partial charge is 0.480 e. The molecule has 41 heavy (non-hydrogen) atoms. The molecule has 14 heteroatoms. The van der Waals surface area contributed by atoms with Gasteiger partial charge in [-0.15, -0.1) is 0 Å². The molecule has 7 nitrogen and oxygen atoms in total. The average molecular weight is 594 g/mol. The molecule has 0 aliphatic heterocycles. The van der Waals surface area contributed by atoms with Gasteiger partial charge in [0, 0.05) is 22.8 Å². The van der Waals surface area contributed by atoms with Gasteiger partial charge in [0.1, 0.15) is 6.04 Å². The lowest BCUT2D eigenvalue weighted by atomic mass is 10.1. The van der Waals surface area contributed by atoms with Gasteiger partial charge in [-0.2, -0.15) is 53.1 Å². The summed E-state index contributed by atoms with van der Waals surface area (Å²) in [6.45, 7) is 0. The lowest BCUT2D eigenvalue weighted by Gasteiger charge is -2.16. The first-order valence-corrected chi connectivity index (χ1v) is 13.0. The molecule has 0 aliphatic carbocycles. The predicted molar refractivity (Wildman–Crippen MR) is 143 cm³/mol. The number of hydrogen-bond acceptors (Lipinski definition) is 7. The molecule has 1 unspecified atom stereocenters. The Hall–Kier alpha value is -4.33. The quantitative estimate of drug-likeness (QED) is 0.167. The Bertz CT molecular complexity index is 1480. The fourth-order valence-electron chi connectivity index (χ4n) is 3.53. The first-order chi connectivity index (χ1) is 19.4. The molecule has 0 bridgehead atoms. The van der Waals surface area contributed by atoms with E-state index in [0.717, 1.165) is 48.0 Å². The minimum atomic E-state index is -4.64. The molecule has 1 heterocycles. The van der Waals surface area contributed by atoms with Crippen LogP contribution in [0.25, 0.3) is 11.4 Å². The van der Waals surface area contributed by atoms with E-state index in [1.165, 1.54) is 17.8 Å². The van der Waals surface area contributed by atoms with Gasteiger partial charge in [-0.05, 0) is 42.0 Å². The Morgan fingerprint density at radius 1 is 0.805 bits per heavy atom. The molecule has 0 saturated heterocycles. The monoisotopic (exact) mass is 593 g/mol. The lowest BCUT2D eigenvalue weighted by Crippen LogP contribution is -2.32. The molecule has 3 N–H and O–H groups in total. The highest BCUT2D eigenvalue weighted by molar-refractivity contribution is 7.98. The summed E-state index contributed by atoms with van der Waals surface area (Å²) in [5, 5.41) is 15.1. The zero-order chi connectivity index (χ0) is 29.6. The van der Waals surface area contributed by atoms with Crippen LogP contribution in [0.2, 0.25) is 0 Å². The Labute approximate surface area is 234 Å². The maximum atomic E-state index is 13.3. The molecule has 1 aromatic heterocycles. The standard InChI is InChI=1S/C27H21F6N5O2S/c28-26(29,30)18-9-11-20(12-10-18)34-24-36-22(17-7-4-8-19(13-17)27(31,32)33)37-25(38-24)35-21(23(39)40)15-41-14-16-5-2-1-3-6-16/h1-13,21H,14-15H2,(H,39,40)(H2,34,35,36,37,38). The molecule has 4 aromatic rings. The van der Waals surface area contributed by atoms with Gasteiger partial charge in [-0.3, -0.25) is 0 Å². The topological polar surface area (TPSA) is 100 Å². The van der Waals surface area contributed by atoms with Crippen LogP contribution in [0.15, 0.2) is 78.9 Å². The zero-order valence-electron chi connectivity index (χ0n) is 20.9. The Morgan fingerprint density at radius 3 is 2.10 bits per heavy atom. The average Bonchev–Trinajstić information content (AvgIpc) is 2.92. The number of aromatic nitrogens is 3. The number of carboxylic acid groups (broad SMARTS) is 1. The van der Waals surface area contributed by atoms with E-state index in [1.54, 1.807) is 0 Å². The van der Waals surface area contributed by atoms with Crippen molar-refractivity contribution in [1.82, 2.24) is 15.0 Å². The maximum absolute atomic E-state index is 13.3. The Morgan fingerprint density at radius 2 is 1.46 bits per heavy atom. The number of carbonyl (C=O) groups is 1. The van der Waals surface area contributed by atoms with Crippen LogP contribution in [0.1, 0.15) is 16.7 Å². The minimum absolute atomic E-state index is 0.0360. The fourth-order valence-corrected chi connectivity index (χ4v) is 4.54. The number of alkyl halides is 6. The van der Waals surface area contributed by atoms with Crippen molar-refractivity contribution in [2.75, 3.05) is 16.4 Å². The number of nitrogens with one attached hydrogen (secondary N) is 2. The number of carboxylic acids is 1. The van der Waals surface area contributed by atoms with Crippen LogP contribution in [0.5, 0.6) is 0 Å². The molecule has 0 aliphatic rings. The van der Waals surface area contributed by atoms with Crippen molar-refractivity contribution in [1.29, 1.82) is 0 Å². The van der Waals surface area contributed by atoms with Crippen molar-refractivity contribution in [2.45, 2.75) is 24.1 Å². The highest BCUT2D eigenvalue weighted by Crippen LogP contribution is 2.33. The molecule has 1 atom stereocenters. The number of halogens is 6. The highest BCUT2D eigenvalue weighted by atomic mass is 32.2. The SMILES string of the molecule is O=C(O)C(CSCc1ccccc1)Nc1nc(Nc2ccc(C(F)(F)F)cc2)nc(-c2cccc(C(F)(F)F)c2)n1. The smallest absolute Gasteiger partial charge is 0.416 e. The van der Waals surface area contributed by atoms with Crippen molar-refractivity contribution in [3.05, 3.63) is 95.6 Å². The van der Waals surface area contributed by atoms with Gasteiger partial charge in [0.15, 0.2) is 5.82 Å². The maximum Gasteiger partial charge on any atom is 0.416 e. The zero-order valence-corrected chi connectivity index (χ0v) is 21.7. The summed E-state index contributed by atoms with van der Waals surface area (Å²) < 4.78 is 78.8. The summed E-state index contributed by atoms with van der Waals surface area (Å²) >= 11 is 1.33. The Balaban J connectivity index is 1.63. The molecule has 0 radical (unpaired) electrons. The van der Waals surface area contributed by atoms with E-state index in [0.29, 0.717) is 5.75 Å². The van der Waals surface area contributed by atoms with Gasteiger partial charge in [0.25, 0.3) is 0 Å². The summed E-state index contributed by atoms with van der Waals surface area (Å²) in [5.74, 6) is -1.30. The molecule has 0 spiro atoms. The van der Waals surface area contributed by atoms with E-state index in [9.17, 15) is 36.2 Å². The van der Waals surface area contributed by atoms with Crippen LogP contribution >= 0.6 is 11.8 Å². The predicted octanol–water partition coefficient (Wildman–Crippen LogP) is 7.12. The normalized spacial score (nSPS) is 12.5. The number of hydrogen-bond donors (Lipinski definition) is 3. The molecule has 4 rings (SSSR count).